The van der Waals surface area contributed by atoms with Crippen LogP contribution in [0.25, 0.3) is 0 Å². The molecule has 0 unspecified atom stereocenters. The highest BCUT2D eigenvalue weighted by Gasteiger charge is 2.10. The lowest BCUT2D eigenvalue weighted by Crippen LogP contribution is -2.41. The maximum absolute atomic E-state index is 11.9. The molecule has 1 aromatic rings. The van der Waals surface area contributed by atoms with E-state index in [0.717, 1.165) is 11.3 Å². The number of rotatable bonds is 7. The zero-order valence-electron chi connectivity index (χ0n) is 12.2. The molecule has 0 heterocycles. The Kier molecular flexibility index (Phi) is 6.59. The Balaban J connectivity index is 2.52. The van der Waals surface area contributed by atoms with Gasteiger partial charge >= 0.3 is 6.03 Å². The van der Waals surface area contributed by atoms with E-state index in [-0.39, 0.29) is 12.6 Å². The van der Waals surface area contributed by atoms with Gasteiger partial charge in [0.15, 0.2) is 0 Å². The van der Waals surface area contributed by atoms with Crippen LogP contribution in [0.1, 0.15) is 5.56 Å². The van der Waals surface area contributed by atoms with Crippen LogP contribution >= 0.6 is 0 Å². The Hall–Kier alpha value is -2.01. The van der Waals surface area contributed by atoms with Crippen molar-refractivity contribution in [3.8, 4) is 0 Å². The minimum atomic E-state index is -0.198. The van der Waals surface area contributed by atoms with Crippen LogP contribution in [0.15, 0.2) is 36.9 Å². The molecular formula is C15H23N3O2. The monoisotopic (exact) mass is 277 g/mol. The van der Waals surface area contributed by atoms with Gasteiger partial charge in [0.2, 0.25) is 0 Å². The lowest BCUT2D eigenvalue weighted by Gasteiger charge is -2.20. The zero-order chi connectivity index (χ0) is 15.0. The molecule has 1 rings (SSSR count). The summed E-state index contributed by atoms with van der Waals surface area (Å²) in [5.41, 5.74) is 2.15. The second-order valence-electron chi connectivity index (χ2n) is 4.68. The molecule has 0 aliphatic carbocycles. The molecular weight excluding hydrogens is 254 g/mol. The van der Waals surface area contributed by atoms with E-state index in [4.69, 9.17) is 5.11 Å². The van der Waals surface area contributed by atoms with Crippen molar-refractivity contribution >= 4 is 11.7 Å². The summed E-state index contributed by atoms with van der Waals surface area (Å²) in [5.74, 6) is 0. The van der Waals surface area contributed by atoms with Crippen LogP contribution in [0.5, 0.6) is 0 Å². The number of benzene rings is 1. The van der Waals surface area contributed by atoms with Crippen LogP contribution in [0.2, 0.25) is 0 Å². The first-order valence-electron chi connectivity index (χ1n) is 6.59. The van der Waals surface area contributed by atoms with Gasteiger partial charge in [-0.05, 0) is 17.7 Å². The number of amides is 2. The van der Waals surface area contributed by atoms with E-state index >= 15 is 0 Å². The minimum absolute atomic E-state index is 0.0568. The van der Waals surface area contributed by atoms with E-state index in [2.05, 4.69) is 11.9 Å². The Labute approximate surface area is 120 Å². The van der Waals surface area contributed by atoms with Crippen molar-refractivity contribution < 1.29 is 9.90 Å². The first-order valence-corrected chi connectivity index (χ1v) is 6.59. The Morgan fingerprint density at radius 1 is 1.35 bits per heavy atom. The molecule has 20 heavy (non-hydrogen) atoms. The van der Waals surface area contributed by atoms with E-state index in [9.17, 15) is 4.79 Å². The van der Waals surface area contributed by atoms with Crippen LogP contribution in [0.3, 0.4) is 0 Å². The molecule has 0 saturated carbocycles. The standard InChI is InChI=1S/C15H23N3O2/c1-4-9-18(10-11-19)15(20)16-12-13-5-7-14(8-6-13)17(2)3/h4-8,19H,1,9-12H2,2-3H3,(H,16,20). The topological polar surface area (TPSA) is 55.8 Å². The summed E-state index contributed by atoms with van der Waals surface area (Å²) in [6.45, 7) is 4.73. The van der Waals surface area contributed by atoms with E-state index in [0.29, 0.717) is 19.6 Å². The molecule has 0 radical (unpaired) electrons. The summed E-state index contributed by atoms with van der Waals surface area (Å²) < 4.78 is 0. The predicted octanol–water partition coefficient (Wildman–Crippen LogP) is 1.44. The Morgan fingerprint density at radius 3 is 2.50 bits per heavy atom. The number of aliphatic hydroxyl groups is 1. The average Bonchev–Trinajstić information content (AvgIpc) is 2.45. The Bertz CT molecular complexity index is 429. The average molecular weight is 277 g/mol. The molecule has 0 aliphatic rings. The fourth-order valence-electron chi connectivity index (χ4n) is 1.75. The smallest absolute Gasteiger partial charge is 0.318 e. The van der Waals surface area contributed by atoms with Crippen LogP contribution < -0.4 is 10.2 Å². The highest BCUT2D eigenvalue weighted by atomic mass is 16.3. The van der Waals surface area contributed by atoms with Gasteiger partial charge in [-0.1, -0.05) is 18.2 Å². The summed E-state index contributed by atoms with van der Waals surface area (Å²) in [6, 6.07) is 7.79. The molecule has 0 aliphatic heterocycles. The van der Waals surface area contributed by atoms with Gasteiger partial charge in [-0.3, -0.25) is 0 Å². The van der Waals surface area contributed by atoms with E-state index in [1.54, 1.807) is 6.08 Å². The summed E-state index contributed by atoms with van der Waals surface area (Å²) in [6.07, 6.45) is 1.64. The molecule has 0 fully saturated rings. The van der Waals surface area contributed by atoms with Crippen molar-refractivity contribution in [1.82, 2.24) is 10.2 Å². The number of carbonyl (C=O) groups excluding carboxylic acids is 1. The Morgan fingerprint density at radius 2 is 2.00 bits per heavy atom. The highest BCUT2D eigenvalue weighted by Crippen LogP contribution is 2.12. The first-order chi connectivity index (χ1) is 9.58. The maximum atomic E-state index is 11.9. The van der Waals surface area contributed by atoms with Gasteiger partial charge in [0.1, 0.15) is 0 Å². The minimum Gasteiger partial charge on any atom is -0.395 e. The molecule has 0 atom stereocenters. The van der Waals surface area contributed by atoms with Crippen LogP contribution in [0, 0.1) is 0 Å². The third-order valence-corrected chi connectivity index (χ3v) is 2.90. The molecule has 0 bridgehead atoms. The maximum Gasteiger partial charge on any atom is 0.318 e. The number of hydrogen-bond acceptors (Lipinski definition) is 3. The predicted molar refractivity (Wildman–Crippen MR) is 81.9 cm³/mol. The second kappa shape index (κ2) is 8.22. The molecule has 1 aromatic carbocycles. The summed E-state index contributed by atoms with van der Waals surface area (Å²) >= 11 is 0. The summed E-state index contributed by atoms with van der Waals surface area (Å²) in [7, 11) is 3.97. The largest absolute Gasteiger partial charge is 0.395 e. The number of nitrogens with one attached hydrogen (secondary N) is 1. The van der Waals surface area contributed by atoms with Crippen LogP contribution in [-0.2, 0) is 6.54 Å². The number of anilines is 1. The van der Waals surface area contributed by atoms with Crippen molar-refractivity contribution in [2.45, 2.75) is 6.54 Å². The third-order valence-electron chi connectivity index (χ3n) is 2.90. The zero-order valence-corrected chi connectivity index (χ0v) is 12.2. The molecule has 0 saturated heterocycles. The number of carbonyl (C=O) groups is 1. The van der Waals surface area contributed by atoms with E-state index < -0.39 is 0 Å². The van der Waals surface area contributed by atoms with Crippen LogP contribution in [-0.4, -0.2) is 49.8 Å². The van der Waals surface area contributed by atoms with Gasteiger partial charge < -0.3 is 20.2 Å². The quantitative estimate of drug-likeness (QED) is 0.742. The number of nitrogens with zero attached hydrogens (tertiary/aromatic N) is 2. The van der Waals surface area contributed by atoms with Gasteiger partial charge in [0.25, 0.3) is 0 Å². The number of aliphatic hydroxyl groups excluding tert-OH is 1. The van der Waals surface area contributed by atoms with Crippen molar-refractivity contribution in [3.63, 3.8) is 0 Å². The lowest BCUT2D eigenvalue weighted by atomic mass is 10.2. The third kappa shape index (κ3) is 4.93. The van der Waals surface area contributed by atoms with Gasteiger partial charge in [-0.25, -0.2) is 4.79 Å². The number of hydrogen-bond donors (Lipinski definition) is 2. The molecule has 110 valence electrons. The summed E-state index contributed by atoms with van der Waals surface area (Å²) in [5, 5.41) is 11.8. The van der Waals surface area contributed by atoms with Crippen molar-refractivity contribution in [1.29, 1.82) is 0 Å². The highest BCUT2D eigenvalue weighted by molar-refractivity contribution is 5.74. The lowest BCUT2D eigenvalue weighted by molar-refractivity contribution is 0.183. The fraction of sp³-hybridized carbons (Fsp3) is 0.400. The molecule has 0 aromatic heterocycles. The van der Waals surface area contributed by atoms with Gasteiger partial charge in [0.05, 0.1) is 6.61 Å². The van der Waals surface area contributed by atoms with Gasteiger partial charge in [-0.15, -0.1) is 6.58 Å². The van der Waals surface area contributed by atoms with E-state index in [1.165, 1.54) is 4.90 Å². The molecule has 2 N–H and O–H groups in total. The molecule has 2 amide bonds. The van der Waals surface area contributed by atoms with Crippen LogP contribution in [0.4, 0.5) is 10.5 Å². The fourth-order valence-corrected chi connectivity index (χ4v) is 1.75. The second-order valence-corrected chi connectivity index (χ2v) is 4.68. The first kappa shape index (κ1) is 16.0. The van der Waals surface area contributed by atoms with Gasteiger partial charge in [0, 0.05) is 39.4 Å². The SMILES string of the molecule is C=CCN(CCO)C(=O)NCc1ccc(N(C)C)cc1. The van der Waals surface area contributed by atoms with Crippen molar-refractivity contribution in [2.24, 2.45) is 0 Å². The molecule has 5 nitrogen and oxygen atoms in total. The molecule has 5 heteroatoms. The van der Waals surface area contributed by atoms with Crippen molar-refractivity contribution in [3.05, 3.63) is 42.5 Å². The normalized spacial score (nSPS) is 9.95. The molecule has 0 spiro atoms. The van der Waals surface area contributed by atoms with Crippen molar-refractivity contribution in [2.75, 3.05) is 38.7 Å². The van der Waals surface area contributed by atoms with Gasteiger partial charge in [-0.2, -0.15) is 0 Å². The van der Waals surface area contributed by atoms with E-state index in [1.807, 2.05) is 43.3 Å². The summed E-state index contributed by atoms with van der Waals surface area (Å²) in [4.78, 5) is 15.5. The number of urea groups is 1.